The highest BCUT2D eigenvalue weighted by molar-refractivity contribution is 7.91. The monoisotopic (exact) mass is 1310 g/mol. The zero-order chi connectivity index (χ0) is 63.9. The van der Waals surface area contributed by atoms with E-state index in [1.54, 1.807) is 88.9 Å². The quantitative estimate of drug-likeness (QED) is 0.140. The fourth-order valence-electron chi connectivity index (χ4n) is 15.0. The molecule has 4 aliphatic carbocycles. The highest BCUT2D eigenvalue weighted by Gasteiger charge is 2.47. The van der Waals surface area contributed by atoms with Gasteiger partial charge in [-0.15, -0.1) is 0 Å². The second kappa shape index (κ2) is 26.8. The molecule has 8 aliphatic rings. The molecule has 0 aromatic heterocycles. The number of carbonyl (C=O) groups excluding carboxylic acids is 4. The van der Waals surface area contributed by atoms with Crippen LogP contribution in [-0.4, -0.2) is 151 Å². The minimum Gasteiger partial charge on any atom is -0.490 e. The summed E-state index contributed by atoms with van der Waals surface area (Å²) in [4.78, 5) is 59.4. The molecule has 4 aliphatic heterocycles. The van der Waals surface area contributed by atoms with Crippen molar-refractivity contribution in [3.8, 4) is 11.5 Å². The number of rotatable bonds is 4. The van der Waals surface area contributed by atoms with Crippen molar-refractivity contribution >= 4 is 78.3 Å². The predicted octanol–water partition coefficient (Wildman–Crippen LogP) is 8.91. The fraction of sp³-hybridized carbons (Fsp3) is 0.529. The molecule has 4 aromatic rings. The SMILES string of the molecule is CN(C)C(=O)C[C@@H]1CC/C=C/[C@H](O)[C@@H]2CC[C@H]2CN2C[C@@]3(CCCc4cc(Cl)ccc43)COc3ccc(cc32)C(=O)NS1(=O)=O.CN(C)C(=O)C[C@H]1CC/C=C/[C@H](O)[C@@H]2CC[C@H]2CN2C[C@@]3(CCCc4cc(Cl)ccc43)COc3ccc(cc32)C(=O)NS1(=O)=O. The molecule has 0 saturated heterocycles. The number of anilines is 2. The minimum absolute atomic E-state index is 0.0662. The van der Waals surface area contributed by atoms with E-state index in [0.717, 1.165) is 75.6 Å². The van der Waals surface area contributed by atoms with Crippen LogP contribution in [0.2, 0.25) is 10.0 Å². The Bertz CT molecular complexity index is 3460. The number of carbonyl (C=O) groups is 4. The van der Waals surface area contributed by atoms with Gasteiger partial charge in [-0.2, -0.15) is 0 Å². The van der Waals surface area contributed by atoms with Crippen molar-refractivity contribution in [3.63, 3.8) is 0 Å². The van der Waals surface area contributed by atoms with Gasteiger partial charge in [-0.05, 0) is 196 Å². The molecular formula is C68H84Cl2N6O12S2. The van der Waals surface area contributed by atoms with Gasteiger partial charge in [0.05, 0.1) is 47.3 Å². The lowest BCUT2D eigenvalue weighted by Gasteiger charge is -2.45. The maximum absolute atomic E-state index is 13.5. The van der Waals surface area contributed by atoms with Gasteiger partial charge in [0.15, 0.2) is 0 Å². The van der Waals surface area contributed by atoms with Crippen molar-refractivity contribution < 1.29 is 55.7 Å². The van der Waals surface area contributed by atoms with Gasteiger partial charge in [-0.1, -0.05) is 59.6 Å². The number of aryl methyl sites for hydroxylation is 2. The number of nitrogens with zero attached hydrogens (tertiary/aromatic N) is 4. The molecule has 0 radical (unpaired) electrons. The molecule has 4 bridgehead atoms. The third-order valence-corrected chi connectivity index (χ3v) is 24.4. The van der Waals surface area contributed by atoms with E-state index in [0.29, 0.717) is 73.8 Å². The molecule has 12 rings (SSSR count). The van der Waals surface area contributed by atoms with E-state index in [2.05, 4.69) is 43.5 Å². The summed E-state index contributed by atoms with van der Waals surface area (Å²) in [6, 6.07) is 22.4. The van der Waals surface area contributed by atoms with Gasteiger partial charge in [-0.25, -0.2) is 26.3 Å². The molecule has 18 nitrogen and oxygen atoms in total. The molecule has 2 saturated carbocycles. The van der Waals surface area contributed by atoms with Crippen LogP contribution < -0.4 is 28.7 Å². The average molecular weight is 1310 g/mol. The van der Waals surface area contributed by atoms with Crippen molar-refractivity contribution in [2.45, 2.75) is 136 Å². The molecule has 10 atom stereocenters. The Labute approximate surface area is 539 Å². The van der Waals surface area contributed by atoms with Crippen LogP contribution in [0, 0.1) is 23.7 Å². The summed E-state index contributed by atoms with van der Waals surface area (Å²) >= 11 is 12.8. The van der Waals surface area contributed by atoms with E-state index in [-0.39, 0.29) is 83.1 Å². The Morgan fingerprint density at radius 1 is 0.589 bits per heavy atom. The summed E-state index contributed by atoms with van der Waals surface area (Å²) in [6.07, 6.45) is 15.8. The number of aliphatic hydroxyl groups is 2. The van der Waals surface area contributed by atoms with E-state index in [1.165, 1.54) is 32.1 Å². The Kier molecular flexibility index (Phi) is 19.5. The van der Waals surface area contributed by atoms with Gasteiger partial charge < -0.3 is 39.3 Å². The van der Waals surface area contributed by atoms with Crippen molar-refractivity contribution in [1.29, 1.82) is 0 Å². The van der Waals surface area contributed by atoms with Crippen LogP contribution in [-0.2, 0) is 53.3 Å². The molecule has 4 amide bonds. The van der Waals surface area contributed by atoms with E-state index >= 15 is 0 Å². The number of benzene rings is 4. The Hall–Kier alpha value is -6.16. The Balaban J connectivity index is 0.000000185. The van der Waals surface area contributed by atoms with E-state index in [4.69, 9.17) is 32.7 Å². The smallest absolute Gasteiger partial charge is 0.264 e. The summed E-state index contributed by atoms with van der Waals surface area (Å²) in [7, 11) is -2.11. The van der Waals surface area contributed by atoms with Gasteiger partial charge in [-0.3, -0.25) is 19.2 Å². The third kappa shape index (κ3) is 13.9. The number of nitrogens with one attached hydrogen (secondary N) is 2. The Morgan fingerprint density at radius 3 is 1.38 bits per heavy atom. The second-order valence-electron chi connectivity index (χ2n) is 26.7. The molecule has 4 heterocycles. The molecule has 4 aromatic carbocycles. The lowest BCUT2D eigenvalue weighted by molar-refractivity contribution is -0.129. The van der Waals surface area contributed by atoms with Crippen LogP contribution in [0.3, 0.4) is 0 Å². The van der Waals surface area contributed by atoms with E-state index < -0.39 is 54.6 Å². The van der Waals surface area contributed by atoms with Crippen molar-refractivity contribution in [2.75, 3.05) is 77.4 Å². The summed E-state index contributed by atoms with van der Waals surface area (Å²) < 4.78 is 71.6. The number of hydrogen-bond acceptors (Lipinski definition) is 14. The average Bonchev–Trinajstić information content (AvgIpc) is 1.47. The third-order valence-electron chi connectivity index (χ3n) is 20.5. The van der Waals surface area contributed by atoms with Gasteiger partial charge in [0, 0.05) is 99.2 Å². The molecule has 484 valence electrons. The van der Waals surface area contributed by atoms with Crippen LogP contribution >= 0.6 is 23.2 Å². The number of aliphatic hydroxyl groups excluding tert-OH is 2. The van der Waals surface area contributed by atoms with Gasteiger partial charge in [0.1, 0.15) is 11.5 Å². The lowest BCUT2D eigenvalue weighted by Crippen LogP contribution is -2.49. The number of halogens is 2. The van der Waals surface area contributed by atoms with Crippen molar-refractivity contribution in [2.24, 2.45) is 23.7 Å². The zero-order valence-electron chi connectivity index (χ0n) is 51.8. The second-order valence-corrected chi connectivity index (χ2v) is 31.5. The Morgan fingerprint density at radius 2 is 1.00 bits per heavy atom. The standard InChI is InChI=1S/2C34H42ClN3O6S/c2*1-37(2)32(40)18-26-7-3-4-8-30(39)27-12-9-24(27)19-38-20-34(15-5-6-22-16-25(35)11-13-28(22)34)21-44-31-14-10-23(17-29(31)38)33(41)36-45(26,42)43/h2*4,8,10-11,13-14,16-17,24,26-27,30,39H,3,5-7,9,12,15,18-21H2,1-2H3,(H,36,41)/b2*8-4+/t24-,26+,27+,30-,34-;24-,26-,27+,30-,34-/m00/s1. The molecule has 2 spiro atoms. The lowest BCUT2D eigenvalue weighted by atomic mass is 9.68. The van der Waals surface area contributed by atoms with Crippen LogP contribution in [0.5, 0.6) is 11.5 Å². The number of amides is 4. The topological polar surface area (TPSA) is 232 Å². The van der Waals surface area contributed by atoms with Crippen molar-refractivity contribution in [1.82, 2.24) is 19.2 Å². The predicted molar refractivity (Wildman–Crippen MR) is 349 cm³/mol. The summed E-state index contributed by atoms with van der Waals surface area (Å²) in [5.41, 5.74) is 6.20. The first kappa shape index (κ1) is 65.3. The number of allylic oxidation sites excluding steroid dienone is 2. The normalized spacial score (nSPS) is 30.0. The van der Waals surface area contributed by atoms with Crippen LogP contribution in [0.15, 0.2) is 97.1 Å². The van der Waals surface area contributed by atoms with E-state index in [9.17, 15) is 46.2 Å². The van der Waals surface area contributed by atoms with Gasteiger partial charge >= 0.3 is 0 Å². The summed E-state index contributed by atoms with van der Waals surface area (Å²) in [5.74, 6) is -0.285. The minimum atomic E-state index is -4.20. The molecule has 0 unspecified atom stereocenters. The fourth-order valence-corrected chi connectivity index (χ4v) is 18.1. The summed E-state index contributed by atoms with van der Waals surface area (Å²) in [6.45, 7) is 3.59. The first-order valence-electron chi connectivity index (χ1n) is 31.7. The van der Waals surface area contributed by atoms with Crippen LogP contribution in [0.4, 0.5) is 11.4 Å². The van der Waals surface area contributed by atoms with Gasteiger partial charge in [0.25, 0.3) is 11.8 Å². The molecule has 2 fully saturated rings. The van der Waals surface area contributed by atoms with Crippen LogP contribution in [0.25, 0.3) is 0 Å². The number of fused-ring (bicyclic) bond motifs is 8. The largest absolute Gasteiger partial charge is 0.490 e. The molecule has 4 N–H and O–H groups in total. The number of ether oxygens (including phenoxy) is 2. The maximum Gasteiger partial charge on any atom is 0.264 e. The first-order chi connectivity index (χ1) is 42.9. The molecular weight excluding hydrogens is 1230 g/mol. The van der Waals surface area contributed by atoms with E-state index in [1.807, 2.05) is 12.1 Å². The summed E-state index contributed by atoms with van der Waals surface area (Å²) in [5, 5.41) is 21.6. The highest BCUT2D eigenvalue weighted by Crippen LogP contribution is 2.49. The number of hydrogen-bond donors (Lipinski definition) is 4. The van der Waals surface area contributed by atoms with Crippen molar-refractivity contribution in [3.05, 3.63) is 141 Å². The molecule has 22 heteroatoms. The number of sulfonamides is 2. The zero-order valence-corrected chi connectivity index (χ0v) is 54.9. The molecule has 90 heavy (non-hydrogen) atoms. The maximum atomic E-state index is 13.5. The van der Waals surface area contributed by atoms with Gasteiger partial charge in [0.2, 0.25) is 31.9 Å². The first-order valence-corrected chi connectivity index (χ1v) is 35.6. The van der Waals surface area contributed by atoms with Crippen LogP contribution in [0.1, 0.15) is 133 Å². The highest BCUT2D eigenvalue weighted by atomic mass is 35.5.